The molecule has 2 unspecified atom stereocenters. The van der Waals surface area contributed by atoms with Gasteiger partial charge in [0.25, 0.3) is 0 Å². The Balaban J connectivity index is 2.02. The average molecular weight is 310 g/mol. The van der Waals surface area contributed by atoms with Crippen molar-refractivity contribution in [1.82, 2.24) is 0 Å². The van der Waals surface area contributed by atoms with Crippen LogP contribution in [0.4, 0.5) is 0 Å². The molecular weight excluding hydrogens is 288 g/mol. The van der Waals surface area contributed by atoms with E-state index in [9.17, 15) is 20.4 Å². The van der Waals surface area contributed by atoms with E-state index in [-0.39, 0.29) is 13.2 Å². The van der Waals surface area contributed by atoms with Crippen LogP contribution in [0.5, 0.6) is 0 Å². The topological polar surface area (TPSA) is 127 Å². The number of aliphatic hydroxyl groups is 4. The molecule has 0 aliphatic carbocycles. The van der Waals surface area contributed by atoms with Gasteiger partial charge in [-0.05, 0) is 0 Å². The van der Waals surface area contributed by atoms with E-state index in [4.69, 9.17) is 23.7 Å². The smallest absolute Gasteiger partial charge is 0.186 e. The lowest BCUT2D eigenvalue weighted by molar-refractivity contribution is -0.333. The van der Waals surface area contributed by atoms with Crippen LogP contribution in [0.3, 0.4) is 0 Å². The lowest BCUT2D eigenvalue weighted by Crippen LogP contribution is -2.60. The van der Waals surface area contributed by atoms with E-state index < -0.39 is 49.2 Å². The van der Waals surface area contributed by atoms with Crippen molar-refractivity contribution in [3.63, 3.8) is 0 Å². The minimum atomic E-state index is -1.26. The largest absolute Gasteiger partial charge is 0.388 e. The first kappa shape index (κ1) is 17.0. The summed E-state index contributed by atoms with van der Waals surface area (Å²) in [5.41, 5.74) is 0. The van der Waals surface area contributed by atoms with Crippen LogP contribution in [0, 0.1) is 0 Å². The van der Waals surface area contributed by atoms with Gasteiger partial charge in [0.2, 0.25) is 0 Å². The summed E-state index contributed by atoms with van der Waals surface area (Å²) in [6.07, 6.45) is -8.63. The van der Waals surface area contributed by atoms with Crippen LogP contribution in [-0.2, 0) is 23.7 Å². The molecule has 9 heteroatoms. The van der Waals surface area contributed by atoms with Crippen LogP contribution in [0.2, 0.25) is 0 Å². The summed E-state index contributed by atoms with van der Waals surface area (Å²) in [6, 6.07) is 0. The first-order valence-corrected chi connectivity index (χ1v) is 6.66. The van der Waals surface area contributed by atoms with Crippen molar-refractivity contribution in [2.45, 2.75) is 49.2 Å². The van der Waals surface area contributed by atoms with Crippen molar-refractivity contribution < 1.29 is 44.1 Å². The zero-order valence-corrected chi connectivity index (χ0v) is 11.9. The molecule has 2 heterocycles. The van der Waals surface area contributed by atoms with Crippen molar-refractivity contribution in [2.75, 3.05) is 27.4 Å². The summed E-state index contributed by atoms with van der Waals surface area (Å²) in [5, 5.41) is 39.6. The molecular formula is C12H22O9. The monoisotopic (exact) mass is 310 g/mol. The fraction of sp³-hybridized carbons (Fsp3) is 1.00. The predicted molar refractivity (Wildman–Crippen MR) is 66.2 cm³/mol. The third kappa shape index (κ3) is 3.52. The molecule has 0 amide bonds. The average Bonchev–Trinajstić information content (AvgIpc) is 2.46. The molecule has 2 aliphatic heterocycles. The molecule has 0 aromatic rings. The number of hydrogen-bond acceptors (Lipinski definition) is 9. The van der Waals surface area contributed by atoms with Crippen LogP contribution in [0.1, 0.15) is 0 Å². The van der Waals surface area contributed by atoms with E-state index in [0.717, 1.165) is 0 Å². The Bertz CT molecular complexity index is 328. The van der Waals surface area contributed by atoms with Crippen molar-refractivity contribution in [1.29, 1.82) is 0 Å². The summed E-state index contributed by atoms with van der Waals surface area (Å²) in [4.78, 5) is 0. The Morgan fingerprint density at radius 3 is 1.86 bits per heavy atom. The maximum absolute atomic E-state index is 10.1. The van der Waals surface area contributed by atoms with Crippen LogP contribution in [0.15, 0.2) is 0 Å². The second-order valence-corrected chi connectivity index (χ2v) is 5.06. The highest BCUT2D eigenvalue weighted by atomic mass is 16.7. The Morgan fingerprint density at radius 1 is 0.762 bits per heavy atom. The zero-order chi connectivity index (χ0) is 15.6. The summed E-state index contributed by atoms with van der Waals surface area (Å²) >= 11 is 0. The van der Waals surface area contributed by atoms with E-state index >= 15 is 0 Å². The van der Waals surface area contributed by atoms with Gasteiger partial charge >= 0.3 is 0 Å². The van der Waals surface area contributed by atoms with Crippen LogP contribution in [0.25, 0.3) is 0 Å². The molecule has 2 saturated heterocycles. The second-order valence-electron chi connectivity index (χ2n) is 5.06. The van der Waals surface area contributed by atoms with E-state index in [0.29, 0.717) is 0 Å². The van der Waals surface area contributed by atoms with E-state index in [2.05, 4.69) is 0 Å². The maximum atomic E-state index is 10.1. The van der Waals surface area contributed by atoms with Crippen LogP contribution in [-0.4, -0.2) is 97.1 Å². The minimum absolute atomic E-state index is 0.0839. The van der Waals surface area contributed by atoms with Gasteiger partial charge in [0.1, 0.15) is 36.6 Å². The Hall–Kier alpha value is -0.360. The SMILES string of the molecule is CO[C@@H]1OC[C@@H](O)[C@H](O[C@H]2OC[C@@H](O)[C@H](OC)C2O)C1O. The van der Waals surface area contributed by atoms with Crippen LogP contribution < -0.4 is 0 Å². The number of ether oxygens (including phenoxy) is 5. The molecule has 2 rings (SSSR count). The molecule has 2 aliphatic rings. The number of hydrogen-bond donors (Lipinski definition) is 4. The van der Waals surface area contributed by atoms with Crippen molar-refractivity contribution >= 4 is 0 Å². The molecule has 8 atom stereocenters. The zero-order valence-electron chi connectivity index (χ0n) is 11.9. The summed E-state index contributed by atoms with van der Waals surface area (Å²) in [6.45, 7) is -0.178. The van der Waals surface area contributed by atoms with E-state index in [1.165, 1.54) is 14.2 Å². The second kappa shape index (κ2) is 7.27. The molecule has 2 fully saturated rings. The fourth-order valence-corrected chi connectivity index (χ4v) is 2.49. The van der Waals surface area contributed by atoms with E-state index in [1.807, 2.05) is 0 Å². The lowest BCUT2D eigenvalue weighted by atomic mass is 10.0. The minimum Gasteiger partial charge on any atom is -0.388 e. The molecule has 0 aromatic heterocycles. The summed E-state index contributed by atoms with van der Waals surface area (Å²) in [7, 11) is 2.70. The van der Waals surface area contributed by atoms with Crippen molar-refractivity contribution in [3.05, 3.63) is 0 Å². The van der Waals surface area contributed by atoms with Gasteiger partial charge in [0.05, 0.1) is 13.2 Å². The Labute approximate surface area is 121 Å². The molecule has 124 valence electrons. The summed E-state index contributed by atoms with van der Waals surface area (Å²) in [5.74, 6) is 0. The quantitative estimate of drug-likeness (QED) is 0.435. The molecule has 0 radical (unpaired) electrons. The van der Waals surface area contributed by atoms with Gasteiger partial charge in [-0.25, -0.2) is 0 Å². The van der Waals surface area contributed by atoms with Gasteiger partial charge in [-0.3, -0.25) is 0 Å². The Morgan fingerprint density at radius 2 is 1.29 bits per heavy atom. The highest BCUT2D eigenvalue weighted by Crippen LogP contribution is 2.25. The predicted octanol–water partition coefficient (Wildman–Crippen LogP) is -2.81. The van der Waals surface area contributed by atoms with Gasteiger partial charge < -0.3 is 44.1 Å². The third-order valence-corrected chi connectivity index (χ3v) is 3.65. The van der Waals surface area contributed by atoms with Gasteiger partial charge in [0.15, 0.2) is 12.6 Å². The van der Waals surface area contributed by atoms with Crippen molar-refractivity contribution in [3.8, 4) is 0 Å². The molecule has 0 bridgehead atoms. The lowest BCUT2D eigenvalue weighted by Gasteiger charge is -2.42. The molecule has 4 N–H and O–H groups in total. The number of aliphatic hydroxyl groups excluding tert-OH is 4. The van der Waals surface area contributed by atoms with Gasteiger partial charge in [-0.1, -0.05) is 0 Å². The summed E-state index contributed by atoms with van der Waals surface area (Å²) < 4.78 is 25.7. The number of methoxy groups -OCH3 is 2. The molecule has 0 saturated carbocycles. The first-order chi connectivity index (χ1) is 9.99. The normalized spacial score (nSPS) is 48.3. The van der Waals surface area contributed by atoms with Crippen molar-refractivity contribution in [2.24, 2.45) is 0 Å². The van der Waals surface area contributed by atoms with Gasteiger partial charge in [-0.2, -0.15) is 0 Å². The molecule has 0 spiro atoms. The molecule has 0 aromatic carbocycles. The van der Waals surface area contributed by atoms with E-state index in [1.54, 1.807) is 0 Å². The Kier molecular flexibility index (Phi) is 5.88. The first-order valence-electron chi connectivity index (χ1n) is 6.66. The maximum Gasteiger partial charge on any atom is 0.186 e. The van der Waals surface area contributed by atoms with Gasteiger partial charge in [-0.15, -0.1) is 0 Å². The highest BCUT2D eigenvalue weighted by molar-refractivity contribution is 4.88. The molecule has 9 nitrogen and oxygen atoms in total. The third-order valence-electron chi connectivity index (χ3n) is 3.65. The standard InChI is InChI=1S/C12H22O9/c1-17-9-5(13)3-20-12(7(9)15)21-10-6(14)4-19-11(18-2)8(10)16/h5-16H,3-4H2,1-2H3/t5-,6-,7?,8?,9+,10+,11-,12-/m1/s1. The van der Waals surface area contributed by atoms with Gasteiger partial charge in [0, 0.05) is 14.2 Å². The fourth-order valence-electron chi connectivity index (χ4n) is 2.49. The molecule has 21 heavy (non-hydrogen) atoms. The number of rotatable bonds is 4. The van der Waals surface area contributed by atoms with Crippen LogP contribution >= 0.6 is 0 Å². The highest BCUT2D eigenvalue weighted by Gasteiger charge is 2.46.